The van der Waals surface area contributed by atoms with Crippen molar-refractivity contribution in [2.75, 3.05) is 11.1 Å². The maximum atomic E-state index is 10.9. The van der Waals surface area contributed by atoms with Crippen LogP contribution >= 0.6 is 11.6 Å². The standard InChI is InChI=1S/C11H10ClN5O2/c1-6-7(12)3-2-4-8(6)15-10-9(17(18)19)5-14-11(13)16-10/h2-5H,1H3,(H3,13,14,15,16). The first kappa shape index (κ1) is 13.0. The molecule has 0 fully saturated rings. The van der Waals surface area contributed by atoms with Gasteiger partial charge in [0, 0.05) is 10.7 Å². The molecule has 0 amide bonds. The van der Waals surface area contributed by atoms with Gasteiger partial charge in [-0.05, 0) is 24.6 Å². The molecule has 98 valence electrons. The zero-order chi connectivity index (χ0) is 14.0. The van der Waals surface area contributed by atoms with Gasteiger partial charge in [0.25, 0.3) is 0 Å². The van der Waals surface area contributed by atoms with Crippen LogP contribution in [0.1, 0.15) is 5.56 Å². The number of nitrogens with one attached hydrogen (secondary N) is 1. The lowest BCUT2D eigenvalue weighted by molar-refractivity contribution is -0.384. The summed E-state index contributed by atoms with van der Waals surface area (Å²) >= 11 is 5.98. The van der Waals surface area contributed by atoms with Crippen LogP contribution in [0, 0.1) is 17.0 Å². The number of hydrogen-bond donors (Lipinski definition) is 2. The Hall–Kier alpha value is -2.41. The van der Waals surface area contributed by atoms with Gasteiger partial charge in [-0.25, -0.2) is 4.98 Å². The van der Waals surface area contributed by atoms with Gasteiger partial charge in [-0.15, -0.1) is 0 Å². The number of halogens is 1. The minimum atomic E-state index is -0.582. The molecule has 0 bridgehead atoms. The van der Waals surface area contributed by atoms with Crippen molar-refractivity contribution in [1.29, 1.82) is 0 Å². The molecule has 0 spiro atoms. The van der Waals surface area contributed by atoms with Gasteiger partial charge in [-0.1, -0.05) is 17.7 Å². The smallest absolute Gasteiger partial charge is 0.329 e. The second-order valence-electron chi connectivity index (χ2n) is 3.76. The van der Waals surface area contributed by atoms with Crippen molar-refractivity contribution in [3.8, 4) is 0 Å². The summed E-state index contributed by atoms with van der Waals surface area (Å²) in [4.78, 5) is 17.7. The van der Waals surface area contributed by atoms with Crippen molar-refractivity contribution < 1.29 is 4.92 Å². The molecular formula is C11H10ClN5O2. The number of nitrogens with zero attached hydrogens (tertiary/aromatic N) is 3. The third-order valence-electron chi connectivity index (χ3n) is 2.51. The van der Waals surface area contributed by atoms with Crippen molar-refractivity contribution in [1.82, 2.24) is 9.97 Å². The van der Waals surface area contributed by atoms with Gasteiger partial charge < -0.3 is 11.1 Å². The minimum Gasteiger partial charge on any atom is -0.368 e. The molecule has 2 rings (SSSR count). The lowest BCUT2D eigenvalue weighted by atomic mass is 10.2. The first-order valence-corrected chi connectivity index (χ1v) is 5.66. The van der Waals surface area contributed by atoms with E-state index in [2.05, 4.69) is 15.3 Å². The molecule has 0 aliphatic rings. The fourth-order valence-corrected chi connectivity index (χ4v) is 1.66. The predicted octanol–water partition coefficient (Wildman–Crippen LogP) is 2.67. The average molecular weight is 280 g/mol. The topological polar surface area (TPSA) is 107 Å². The summed E-state index contributed by atoms with van der Waals surface area (Å²) in [5.41, 5.74) is 6.56. The molecule has 8 heteroatoms. The highest BCUT2D eigenvalue weighted by Crippen LogP contribution is 2.29. The number of benzene rings is 1. The van der Waals surface area contributed by atoms with Crippen molar-refractivity contribution in [2.45, 2.75) is 6.92 Å². The highest BCUT2D eigenvalue weighted by Gasteiger charge is 2.17. The number of anilines is 3. The van der Waals surface area contributed by atoms with Gasteiger partial charge in [0.2, 0.25) is 11.8 Å². The van der Waals surface area contributed by atoms with E-state index >= 15 is 0 Å². The van der Waals surface area contributed by atoms with Crippen LogP contribution in [0.15, 0.2) is 24.4 Å². The molecule has 3 N–H and O–H groups in total. The first-order chi connectivity index (χ1) is 8.99. The Balaban J connectivity index is 2.45. The van der Waals surface area contributed by atoms with Crippen LogP contribution in [0.25, 0.3) is 0 Å². The Kier molecular flexibility index (Phi) is 3.48. The van der Waals surface area contributed by atoms with Crippen LogP contribution in [0.2, 0.25) is 5.02 Å². The van der Waals surface area contributed by atoms with Gasteiger partial charge in [0.1, 0.15) is 6.20 Å². The minimum absolute atomic E-state index is 0.0304. The third kappa shape index (κ3) is 2.71. The summed E-state index contributed by atoms with van der Waals surface area (Å²) in [6, 6.07) is 5.20. The van der Waals surface area contributed by atoms with Crippen LogP contribution in [0.5, 0.6) is 0 Å². The SMILES string of the molecule is Cc1c(Cl)cccc1Nc1nc(N)ncc1[N+](=O)[O-]. The average Bonchev–Trinajstić information content (AvgIpc) is 2.35. The van der Waals surface area contributed by atoms with E-state index in [0.717, 1.165) is 11.8 Å². The molecule has 1 aromatic carbocycles. The Bertz CT molecular complexity index is 647. The van der Waals surface area contributed by atoms with E-state index in [9.17, 15) is 10.1 Å². The number of nitrogens with two attached hydrogens (primary N) is 1. The number of aromatic nitrogens is 2. The summed E-state index contributed by atoms with van der Waals surface area (Å²) < 4.78 is 0. The van der Waals surface area contributed by atoms with E-state index in [-0.39, 0.29) is 17.5 Å². The molecule has 1 aromatic heterocycles. The fraction of sp³-hybridized carbons (Fsp3) is 0.0909. The molecule has 0 saturated carbocycles. The second kappa shape index (κ2) is 5.07. The van der Waals surface area contributed by atoms with Crippen molar-refractivity contribution >= 4 is 34.7 Å². The highest BCUT2D eigenvalue weighted by molar-refractivity contribution is 6.31. The largest absolute Gasteiger partial charge is 0.368 e. The van der Waals surface area contributed by atoms with Crippen LogP contribution < -0.4 is 11.1 Å². The summed E-state index contributed by atoms with van der Waals surface area (Å²) in [5.74, 6) is -0.0179. The molecule has 0 aliphatic heterocycles. The molecule has 1 heterocycles. The number of hydrogen-bond acceptors (Lipinski definition) is 6. The molecule has 0 radical (unpaired) electrons. The number of nitrogen functional groups attached to an aromatic ring is 1. The van der Waals surface area contributed by atoms with Crippen molar-refractivity contribution in [3.63, 3.8) is 0 Å². The Labute approximate surface area is 113 Å². The van der Waals surface area contributed by atoms with Crippen LogP contribution in [-0.2, 0) is 0 Å². The number of rotatable bonds is 3. The Morgan fingerprint density at radius 1 is 1.47 bits per heavy atom. The summed E-state index contributed by atoms with van der Waals surface area (Å²) in [6.07, 6.45) is 1.06. The third-order valence-corrected chi connectivity index (χ3v) is 2.92. The van der Waals surface area contributed by atoms with Crippen LogP contribution in [0.4, 0.5) is 23.1 Å². The normalized spacial score (nSPS) is 10.2. The van der Waals surface area contributed by atoms with E-state index < -0.39 is 4.92 Å². The Morgan fingerprint density at radius 2 is 2.21 bits per heavy atom. The maximum absolute atomic E-state index is 10.9. The highest BCUT2D eigenvalue weighted by atomic mass is 35.5. The van der Waals surface area contributed by atoms with Crippen molar-refractivity contribution in [2.24, 2.45) is 0 Å². The maximum Gasteiger partial charge on any atom is 0.329 e. The lowest BCUT2D eigenvalue weighted by Crippen LogP contribution is -2.04. The van der Waals surface area contributed by atoms with Gasteiger partial charge in [-0.2, -0.15) is 4.98 Å². The molecule has 0 unspecified atom stereocenters. The van der Waals surface area contributed by atoms with Crippen LogP contribution in [0.3, 0.4) is 0 Å². The fourth-order valence-electron chi connectivity index (χ4n) is 1.49. The van der Waals surface area contributed by atoms with Crippen LogP contribution in [-0.4, -0.2) is 14.9 Å². The molecule has 0 atom stereocenters. The quantitative estimate of drug-likeness (QED) is 0.661. The molecule has 19 heavy (non-hydrogen) atoms. The van der Waals surface area contributed by atoms with E-state index in [1.54, 1.807) is 25.1 Å². The van der Waals surface area contributed by atoms with Gasteiger partial charge in [0.05, 0.1) is 4.92 Å². The predicted molar refractivity (Wildman–Crippen MR) is 72.6 cm³/mol. The van der Waals surface area contributed by atoms with E-state index in [4.69, 9.17) is 17.3 Å². The van der Waals surface area contributed by atoms with Gasteiger partial charge >= 0.3 is 5.69 Å². The van der Waals surface area contributed by atoms with Gasteiger partial charge in [0.15, 0.2) is 0 Å². The van der Waals surface area contributed by atoms with E-state index in [1.807, 2.05) is 0 Å². The van der Waals surface area contributed by atoms with E-state index in [1.165, 1.54) is 0 Å². The van der Waals surface area contributed by atoms with Crippen molar-refractivity contribution in [3.05, 3.63) is 45.1 Å². The first-order valence-electron chi connectivity index (χ1n) is 5.28. The molecule has 0 aliphatic carbocycles. The molecule has 2 aromatic rings. The zero-order valence-electron chi connectivity index (χ0n) is 9.92. The molecule has 7 nitrogen and oxygen atoms in total. The summed E-state index contributed by atoms with van der Waals surface area (Å²) in [6.45, 7) is 1.79. The molecule has 0 saturated heterocycles. The van der Waals surface area contributed by atoms with E-state index in [0.29, 0.717) is 10.7 Å². The summed E-state index contributed by atoms with van der Waals surface area (Å²) in [7, 11) is 0. The second-order valence-corrected chi connectivity index (χ2v) is 4.16. The summed E-state index contributed by atoms with van der Waals surface area (Å²) in [5, 5.41) is 14.3. The lowest BCUT2D eigenvalue weighted by Gasteiger charge is -2.10. The zero-order valence-corrected chi connectivity index (χ0v) is 10.7. The van der Waals surface area contributed by atoms with Gasteiger partial charge in [-0.3, -0.25) is 10.1 Å². The molecular weight excluding hydrogens is 270 g/mol. The Morgan fingerprint density at radius 3 is 2.89 bits per heavy atom. The monoisotopic (exact) mass is 279 g/mol. The number of nitro groups is 1.